The number of rotatable bonds is 6. The van der Waals surface area contributed by atoms with E-state index in [0.717, 1.165) is 30.4 Å². The Balaban J connectivity index is 1.75. The molecule has 26 heavy (non-hydrogen) atoms. The van der Waals surface area contributed by atoms with Gasteiger partial charge in [0.1, 0.15) is 0 Å². The molecular formula is C20H31BN2O3. The molecule has 0 radical (unpaired) electrons. The molecule has 1 aromatic rings. The first-order valence-electron chi connectivity index (χ1n) is 9.65. The van der Waals surface area contributed by atoms with Gasteiger partial charge in [0.15, 0.2) is 0 Å². The lowest BCUT2D eigenvalue weighted by molar-refractivity contribution is -0.119. The number of carbonyl (C=O) groups is 1. The number of nitrogens with two attached hydrogens (primary N) is 1. The number of benzene rings is 1. The van der Waals surface area contributed by atoms with Crippen LogP contribution in [0, 0.1) is 0 Å². The number of primary amides is 1. The van der Waals surface area contributed by atoms with Gasteiger partial charge in [0.05, 0.1) is 17.7 Å². The van der Waals surface area contributed by atoms with Crippen LogP contribution in [0.1, 0.15) is 58.9 Å². The summed E-state index contributed by atoms with van der Waals surface area (Å²) >= 11 is 0. The molecule has 142 valence electrons. The third-order valence-electron chi connectivity index (χ3n) is 6.06. The molecule has 2 N–H and O–H groups in total. The fraction of sp³-hybridized carbons (Fsp3) is 0.650. The van der Waals surface area contributed by atoms with E-state index in [-0.39, 0.29) is 24.2 Å². The Morgan fingerprint density at radius 3 is 2.38 bits per heavy atom. The predicted molar refractivity (Wildman–Crippen MR) is 104 cm³/mol. The van der Waals surface area contributed by atoms with Crippen LogP contribution in [0.4, 0.5) is 0 Å². The maximum atomic E-state index is 11.5. The predicted octanol–water partition coefficient (Wildman–Crippen LogP) is 2.22. The summed E-state index contributed by atoms with van der Waals surface area (Å²) < 4.78 is 12.3. The SMILES string of the molecule is CC1(C)OB(c2cccc(CN(CC(N)=O)C3CCCC3)c2)OC1(C)C. The third kappa shape index (κ3) is 4.13. The van der Waals surface area contributed by atoms with Crippen LogP contribution in [0.15, 0.2) is 24.3 Å². The average molecular weight is 358 g/mol. The van der Waals surface area contributed by atoms with Gasteiger partial charge >= 0.3 is 7.12 Å². The zero-order chi connectivity index (χ0) is 18.9. The second-order valence-corrected chi connectivity index (χ2v) is 8.64. The lowest BCUT2D eigenvalue weighted by atomic mass is 9.78. The van der Waals surface area contributed by atoms with Gasteiger partial charge in [-0.3, -0.25) is 9.69 Å². The molecule has 0 unspecified atom stereocenters. The maximum Gasteiger partial charge on any atom is 0.494 e. The zero-order valence-corrected chi connectivity index (χ0v) is 16.5. The molecule has 0 spiro atoms. The van der Waals surface area contributed by atoms with Crippen molar-refractivity contribution in [3.05, 3.63) is 29.8 Å². The van der Waals surface area contributed by atoms with E-state index < -0.39 is 0 Å². The van der Waals surface area contributed by atoms with Crippen LogP contribution in [0.5, 0.6) is 0 Å². The molecular weight excluding hydrogens is 327 g/mol. The number of amides is 1. The highest BCUT2D eigenvalue weighted by molar-refractivity contribution is 6.62. The van der Waals surface area contributed by atoms with Crippen LogP contribution in [0.2, 0.25) is 0 Å². The molecule has 1 aliphatic heterocycles. The van der Waals surface area contributed by atoms with Gasteiger partial charge in [-0.05, 0) is 51.6 Å². The molecule has 1 saturated heterocycles. The van der Waals surface area contributed by atoms with Gasteiger partial charge in [-0.1, -0.05) is 37.1 Å². The summed E-state index contributed by atoms with van der Waals surface area (Å²) in [6.07, 6.45) is 4.75. The number of nitrogens with zero attached hydrogens (tertiary/aromatic N) is 1. The Morgan fingerprint density at radius 1 is 1.19 bits per heavy atom. The van der Waals surface area contributed by atoms with Gasteiger partial charge in [-0.15, -0.1) is 0 Å². The van der Waals surface area contributed by atoms with E-state index in [2.05, 4.69) is 44.7 Å². The van der Waals surface area contributed by atoms with E-state index in [9.17, 15) is 4.79 Å². The van der Waals surface area contributed by atoms with Crippen molar-refractivity contribution in [2.75, 3.05) is 6.54 Å². The summed E-state index contributed by atoms with van der Waals surface area (Å²) in [6, 6.07) is 8.75. The van der Waals surface area contributed by atoms with E-state index in [0.29, 0.717) is 12.6 Å². The Labute approximate surface area is 157 Å². The summed E-state index contributed by atoms with van der Waals surface area (Å²) in [6.45, 7) is 9.28. The van der Waals surface area contributed by atoms with Gasteiger partial charge in [0.25, 0.3) is 0 Å². The van der Waals surface area contributed by atoms with Crippen molar-refractivity contribution in [1.82, 2.24) is 4.90 Å². The Morgan fingerprint density at radius 2 is 1.81 bits per heavy atom. The monoisotopic (exact) mass is 358 g/mol. The molecule has 2 aliphatic rings. The number of carbonyl (C=O) groups excluding carboxylic acids is 1. The third-order valence-corrected chi connectivity index (χ3v) is 6.06. The second-order valence-electron chi connectivity index (χ2n) is 8.64. The minimum absolute atomic E-state index is 0.265. The highest BCUT2D eigenvalue weighted by Gasteiger charge is 2.51. The molecule has 0 atom stereocenters. The quantitative estimate of drug-likeness (QED) is 0.792. The number of hydrogen-bond acceptors (Lipinski definition) is 4. The van der Waals surface area contributed by atoms with Gasteiger partial charge in [0.2, 0.25) is 5.91 Å². The van der Waals surface area contributed by atoms with Gasteiger partial charge in [-0.2, -0.15) is 0 Å². The van der Waals surface area contributed by atoms with Crippen molar-refractivity contribution in [1.29, 1.82) is 0 Å². The van der Waals surface area contributed by atoms with Crippen LogP contribution in [-0.2, 0) is 20.6 Å². The van der Waals surface area contributed by atoms with Crippen LogP contribution in [0.25, 0.3) is 0 Å². The van der Waals surface area contributed by atoms with E-state index in [1.807, 2.05) is 12.1 Å². The van der Waals surface area contributed by atoms with E-state index in [4.69, 9.17) is 15.0 Å². The molecule has 0 bridgehead atoms. The van der Waals surface area contributed by atoms with Crippen LogP contribution in [-0.4, -0.2) is 41.7 Å². The molecule has 2 fully saturated rings. The Kier molecular flexibility index (Phi) is 5.47. The molecule has 1 aliphatic carbocycles. The van der Waals surface area contributed by atoms with Crippen LogP contribution in [0.3, 0.4) is 0 Å². The lowest BCUT2D eigenvalue weighted by Crippen LogP contribution is -2.41. The first-order chi connectivity index (χ1) is 12.2. The highest BCUT2D eigenvalue weighted by Crippen LogP contribution is 2.36. The smallest absolute Gasteiger partial charge is 0.399 e. The highest BCUT2D eigenvalue weighted by atomic mass is 16.7. The summed E-state index contributed by atoms with van der Waals surface area (Å²) in [5.74, 6) is -0.265. The molecule has 5 nitrogen and oxygen atoms in total. The fourth-order valence-electron chi connectivity index (χ4n) is 3.84. The average Bonchev–Trinajstić information content (AvgIpc) is 3.13. The Bertz CT molecular complexity index is 640. The van der Waals surface area contributed by atoms with Crippen molar-refractivity contribution in [3.63, 3.8) is 0 Å². The van der Waals surface area contributed by atoms with Gasteiger partial charge in [-0.25, -0.2) is 0 Å². The molecule has 3 rings (SSSR count). The Hall–Kier alpha value is -1.37. The van der Waals surface area contributed by atoms with Crippen molar-refractivity contribution in [3.8, 4) is 0 Å². The normalized spacial score (nSPS) is 22.3. The van der Waals surface area contributed by atoms with Crippen molar-refractivity contribution in [2.45, 2.75) is 77.2 Å². The lowest BCUT2D eigenvalue weighted by Gasteiger charge is -2.32. The summed E-state index contributed by atoms with van der Waals surface area (Å²) in [4.78, 5) is 13.7. The van der Waals surface area contributed by atoms with Gasteiger partial charge in [0, 0.05) is 12.6 Å². The maximum absolute atomic E-state index is 11.5. The first kappa shape index (κ1) is 19.4. The number of hydrogen-bond donors (Lipinski definition) is 1. The molecule has 6 heteroatoms. The molecule has 1 aromatic carbocycles. The summed E-state index contributed by atoms with van der Waals surface area (Å²) in [5, 5.41) is 0. The molecule has 1 heterocycles. The van der Waals surface area contributed by atoms with Crippen molar-refractivity contribution < 1.29 is 14.1 Å². The first-order valence-corrected chi connectivity index (χ1v) is 9.65. The van der Waals surface area contributed by atoms with Crippen molar-refractivity contribution >= 4 is 18.5 Å². The van der Waals surface area contributed by atoms with E-state index in [1.165, 1.54) is 12.8 Å². The molecule has 1 saturated carbocycles. The molecule has 0 aromatic heterocycles. The fourth-order valence-corrected chi connectivity index (χ4v) is 3.84. The summed E-state index contributed by atoms with van der Waals surface area (Å²) in [7, 11) is -0.365. The van der Waals surface area contributed by atoms with Crippen LogP contribution < -0.4 is 11.2 Å². The van der Waals surface area contributed by atoms with E-state index >= 15 is 0 Å². The van der Waals surface area contributed by atoms with E-state index in [1.54, 1.807) is 0 Å². The van der Waals surface area contributed by atoms with Crippen LogP contribution >= 0.6 is 0 Å². The largest absolute Gasteiger partial charge is 0.494 e. The zero-order valence-electron chi connectivity index (χ0n) is 16.5. The second kappa shape index (κ2) is 7.33. The topological polar surface area (TPSA) is 64.8 Å². The van der Waals surface area contributed by atoms with Crippen molar-refractivity contribution in [2.24, 2.45) is 5.73 Å². The standard InChI is InChI=1S/C20H31BN2O3/c1-19(2)20(3,4)26-21(25-19)16-9-7-8-15(12-16)13-23(14-18(22)24)17-10-5-6-11-17/h7-9,12,17H,5-6,10-11,13-14H2,1-4H3,(H2,22,24). The van der Waals surface area contributed by atoms with Gasteiger partial charge < -0.3 is 15.0 Å². The minimum atomic E-state index is -0.365. The summed E-state index contributed by atoms with van der Waals surface area (Å²) in [5.41, 5.74) is 6.96. The molecule has 1 amide bonds. The minimum Gasteiger partial charge on any atom is -0.399 e.